The van der Waals surface area contributed by atoms with E-state index in [-0.39, 0.29) is 0 Å². The van der Waals surface area contributed by atoms with Gasteiger partial charge >= 0.3 is 0 Å². The van der Waals surface area contributed by atoms with Gasteiger partial charge in [-0.25, -0.2) is 4.98 Å². The largest absolute Gasteiger partial charge is 0.501 e. The van der Waals surface area contributed by atoms with E-state index in [9.17, 15) is 0 Å². The van der Waals surface area contributed by atoms with Gasteiger partial charge < -0.3 is 19.9 Å². The second-order valence-corrected chi connectivity index (χ2v) is 5.66. The minimum atomic E-state index is 0.706. The maximum absolute atomic E-state index is 5.39. The number of nitrogens with one attached hydrogen (secondary N) is 1. The number of likely N-dealkylation sites (N-methyl/N-ethyl adjacent to an activating group) is 1. The van der Waals surface area contributed by atoms with E-state index in [4.69, 9.17) is 4.74 Å². The van der Waals surface area contributed by atoms with Gasteiger partial charge in [0.15, 0.2) is 0 Å². The molecule has 0 saturated heterocycles. The molecule has 1 rings (SSSR count). The number of hydrogen-bond donors (Lipinski definition) is 1. The molecular weight excluding hydrogens is 278 g/mol. The van der Waals surface area contributed by atoms with Crippen molar-refractivity contribution in [3.63, 3.8) is 0 Å². The van der Waals surface area contributed by atoms with Crippen LogP contribution in [0.2, 0.25) is 0 Å². The molecule has 0 aliphatic heterocycles. The van der Waals surface area contributed by atoms with E-state index in [0.717, 1.165) is 42.3 Å². The zero-order valence-electron chi connectivity index (χ0n) is 14.9. The summed E-state index contributed by atoms with van der Waals surface area (Å²) in [5, 5.41) is 3.41. The van der Waals surface area contributed by atoms with E-state index < -0.39 is 0 Å². The lowest BCUT2D eigenvalue weighted by atomic mass is 10.1. The van der Waals surface area contributed by atoms with Crippen molar-refractivity contribution in [2.24, 2.45) is 0 Å². The molecule has 1 aromatic heterocycles. The van der Waals surface area contributed by atoms with Gasteiger partial charge in [0.25, 0.3) is 0 Å². The molecule has 1 heterocycles. The SMILES string of the molecule is CC/C(=C\c1c(C)nc(N(C)C)nc1NCCN(C)C)OC. The zero-order chi connectivity index (χ0) is 16.7. The third-order valence-corrected chi connectivity index (χ3v) is 3.29. The molecule has 0 amide bonds. The van der Waals surface area contributed by atoms with Crippen molar-refractivity contribution in [3.8, 4) is 0 Å². The van der Waals surface area contributed by atoms with Crippen LogP contribution in [0, 0.1) is 6.92 Å². The molecule has 6 heteroatoms. The summed E-state index contributed by atoms with van der Waals surface area (Å²) >= 11 is 0. The van der Waals surface area contributed by atoms with Crippen molar-refractivity contribution in [1.29, 1.82) is 0 Å². The molecule has 1 aromatic rings. The summed E-state index contributed by atoms with van der Waals surface area (Å²) in [5.74, 6) is 2.47. The molecule has 0 radical (unpaired) electrons. The van der Waals surface area contributed by atoms with Gasteiger partial charge in [-0.05, 0) is 27.1 Å². The highest BCUT2D eigenvalue weighted by Crippen LogP contribution is 2.23. The molecule has 0 aliphatic carbocycles. The molecule has 0 unspecified atom stereocenters. The van der Waals surface area contributed by atoms with Crippen molar-refractivity contribution in [2.75, 3.05) is 58.6 Å². The number of aromatic nitrogens is 2. The van der Waals surface area contributed by atoms with E-state index in [2.05, 4.69) is 41.2 Å². The Kier molecular flexibility index (Phi) is 7.11. The maximum Gasteiger partial charge on any atom is 0.227 e. The van der Waals surface area contributed by atoms with Gasteiger partial charge in [0.05, 0.1) is 18.6 Å². The summed E-state index contributed by atoms with van der Waals surface area (Å²) in [4.78, 5) is 13.2. The van der Waals surface area contributed by atoms with Gasteiger partial charge in [-0.15, -0.1) is 0 Å². The molecule has 0 fully saturated rings. The lowest BCUT2D eigenvalue weighted by Gasteiger charge is -2.18. The minimum absolute atomic E-state index is 0.706. The topological polar surface area (TPSA) is 53.5 Å². The number of allylic oxidation sites excluding steroid dienone is 1. The fourth-order valence-electron chi connectivity index (χ4n) is 1.94. The Balaban J connectivity index is 3.18. The van der Waals surface area contributed by atoms with E-state index in [1.165, 1.54) is 0 Å². The Labute approximate surface area is 134 Å². The summed E-state index contributed by atoms with van der Waals surface area (Å²) in [6.45, 7) is 5.83. The van der Waals surface area contributed by atoms with Crippen molar-refractivity contribution >= 4 is 17.8 Å². The number of aryl methyl sites for hydroxylation is 1. The standard InChI is InChI=1S/C16H29N5O/c1-8-13(22-7)11-14-12(2)18-16(21(5)6)19-15(14)17-9-10-20(3)4/h11H,8-10H2,1-7H3,(H,17,18,19)/b13-11+. The highest BCUT2D eigenvalue weighted by molar-refractivity contribution is 5.67. The van der Waals surface area contributed by atoms with Crippen LogP contribution in [0.4, 0.5) is 11.8 Å². The quantitative estimate of drug-likeness (QED) is 0.743. The molecule has 6 nitrogen and oxygen atoms in total. The van der Waals surface area contributed by atoms with E-state index in [0.29, 0.717) is 5.95 Å². The van der Waals surface area contributed by atoms with Gasteiger partial charge in [0.2, 0.25) is 5.95 Å². The number of anilines is 2. The first kappa shape index (κ1) is 18.2. The summed E-state index contributed by atoms with van der Waals surface area (Å²) in [5.41, 5.74) is 1.93. The van der Waals surface area contributed by atoms with E-state index in [1.807, 2.05) is 32.0 Å². The van der Waals surface area contributed by atoms with Crippen molar-refractivity contribution in [3.05, 3.63) is 17.0 Å². The number of ether oxygens (including phenoxy) is 1. The summed E-state index contributed by atoms with van der Waals surface area (Å²) in [7, 11) is 9.69. The van der Waals surface area contributed by atoms with Crippen LogP contribution in [0.25, 0.3) is 6.08 Å². The summed E-state index contributed by atoms with van der Waals surface area (Å²) in [6, 6.07) is 0. The molecule has 0 aromatic carbocycles. The number of methoxy groups -OCH3 is 1. The zero-order valence-corrected chi connectivity index (χ0v) is 14.9. The lowest BCUT2D eigenvalue weighted by molar-refractivity contribution is 0.285. The van der Waals surface area contributed by atoms with Crippen LogP contribution < -0.4 is 10.2 Å². The molecule has 0 bridgehead atoms. The molecule has 124 valence electrons. The average Bonchev–Trinajstić information content (AvgIpc) is 2.45. The molecule has 1 N–H and O–H groups in total. The van der Waals surface area contributed by atoms with E-state index >= 15 is 0 Å². The Morgan fingerprint density at radius 3 is 2.41 bits per heavy atom. The number of hydrogen-bond acceptors (Lipinski definition) is 6. The first-order valence-electron chi connectivity index (χ1n) is 7.58. The Morgan fingerprint density at radius 2 is 1.91 bits per heavy atom. The summed E-state index contributed by atoms with van der Waals surface area (Å²) in [6.07, 6.45) is 2.86. The molecule has 0 atom stereocenters. The summed E-state index contributed by atoms with van der Waals surface area (Å²) < 4.78 is 5.39. The fourth-order valence-corrected chi connectivity index (χ4v) is 1.94. The Hall–Kier alpha value is -1.82. The molecular formula is C16H29N5O. The first-order valence-corrected chi connectivity index (χ1v) is 7.58. The van der Waals surface area contributed by atoms with Crippen molar-refractivity contribution < 1.29 is 4.74 Å². The van der Waals surface area contributed by atoms with Crippen LogP contribution >= 0.6 is 0 Å². The lowest BCUT2D eigenvalue weighted by Crippen LogP contribution is -2.22. The van der Waals surface area contributed by atoms with Gasteiger partial charge in [0, 0.05) is 39.2 Å². The van der Waals surface area contributed by atoms with Crippen LogP contribution in [-0.2, 0) is 4.74 Å². The fraction of sp³-hybridized carbons (Fsp3) is 0.625. The third-order valence-electron chi connectivity index (χ3n) is 3.29. The van der Waals surface area contributed by atoms with Crippen LogP contribution in [-0.4, -0.2) is 63.3 Å². The molecule has 0 aliphatic rings. The Morgan fingerprint density at radius 1 is 1.23 bits per heavy atom. The second kappa shape index (κ2) is 8.58. The van der Waals surface area contributed by atoms with Gasteiger partial charge in [-0.2, -0.15) is 4.98 Å². The highest BCUT2D eigenvalue weighted by atomic mass is 16.5. The smallest absolute Gasteiger partial charge is 0.227 e. The van der Waals surface area contributed by atoms with E-state index in [1.54, 1.807) is 7.11 Å². The average molecular weight is 307 g/mol. The molecule has 22 heavy (non-hydrogen) atoms. The van der Waals surface area contributed by atoms with Gasteiger partial charge in [-0.3, -0.25) is 0 Å². The minimum Gasteiger partial charge on any atom is -0.501 e. The predicted molar refractivity (Wildman–Crippen MR) is 93.4 cm³/mol. The normalized spacial score (nSPS) is 11.7. The van der Waals surface area contributed by atoms with Crippen LogP contribution in [0.1, 0.15) is 24.6 Å². The Bertz CT molecular complexity index is 506. The molecule has 0 spiro atoms. The monoisotopic (exact) mass is 307 g/mol. The van der Waals surface area contributed by atoms with Gasteiger partial charge in [-0.1, -0.05) is 6.92 Å². The molecule has 0 saturated carbocycles. The predicted octanol–water partition coefficient (Wildman–Crippen LogP) is 2.22. The van der Waals surface area contributed by atoms with Crippen LogP contribution in [0.5, 0.6) is 0 Å². The van der Waals surface area contributed by atoms with Crippen LogP contribution in [0.3, 0.4) is 0 Å². The second-order valence-electron chi connectivity index (χ2n) is 5.66. The maximum atomic E-state index is 5.39. The highest BCUT2D eigenvalue weighted by Gasteiger charge is 2.12. The third kappa shape index (κ3) is 5.18. The first-order chi connectivity index (χ1) is 10.4. The van der Waals surface area contributed by atoms with Crippen LogP contribution in [0.15, 0.2) is 5.76 Å². The van der Waals surface area contributed by atoms with Crippen molar-refractivity contribution in [2.45, 2.75) is 20.3 Å². The van der Waals surface area contributed by atoms with Crippen molar-refractivity contribution in [1.82, 2.24) is 14.9 Å². The number of rotatable bonds is 8. The van der Waals surface area contributed by atoms with Gasteiger partial charge in [0.1, 0.15) is 5.82 Å². The number of nitrogens with zero attached hydrogens (tertiary/aromatic N) is 4.